The van der Waals surface area contributed by atoms with E-state index in [1.807, 2.05) is 25.2 Å². The number of aromatic nitrogens is 1. The number of rotatable bonds is 5. The summed E-state index contributed by atoms with van der Waals surface area (Å²) in [7, 11) is 1.97. The Morgan fingerprint density at radius 3 is 2.78 bits per heavy atom. The first kappa shape index (κ1) is 18.0. The van der Waals surface area contributed by atoms with Crippen molar-refractivity contribution in [2.75, 3.05) is 43.5 Å². The standard InChI is InChI=1S/C20H26N4O3/c1-23-10-11-24(15-6-3-2-4-7-15)13-16(23)19(26)21-18-12-17(22-27-18)20(14-25)8-5-9-20/h2-4,6-7,12,16,25H,5,8-11,13-14H2,1H3,(H,21,26). The summed E-state index contributed by atoms with van der Waals surface area (Å²) in [6.45, 7) is 2.37. The third-order valence-corrected chi connectivity index (χ3v) is 5.99. The summed E-state index contributed by atoms with van der Waals surface area (Å²) < 4.78 is 5.33. The van der Waals surface area contributed by atoms with Crippen molar-refractivity contribution < 1.29 is 14.4 Å². The minimum Gasteiger partial charge on any atom is -0.395 e. The number of likely N-dealkylation sites (N-methyl/N-ethyl adjacent to an activating group) is 1. The van der Waals surface area contributed by atoms with Crippen molar-refractivity contribution in [2.24, 2.45) is 0 Å². The first-order chi connectivity index (χ1) is 13.1. The molecule has 1 unspecified atom stereocenters. The molecule has 1 aromatic carbocycles. The number of hydrogen-bond donors (Lipinski definition) is 2. The molecule has 1 aromatic heterocycles. The monoisotopic (exact) mass is 370 g/mol. The van der Waals surface area contributed by atoms with Crippen LogP contribution in [-0.2, 0) is 10.2 Å². The van der Waals surface area contributed by atoms with E-state index in [2.05, 4.69) is 32.4 Å². The molecule has 2 heterocycles. The molecule has 0 spiro atoms. The van der Waals surface area contributed by atoms with E-state index in [1.54, 1.807) is 6.07 Å². The van der Waals surface area contributed by atoms with Crippen LogP contribution < -0.4 is 10.2 Å². The van der Waals surface area contributed by atoms with Crippen LogP contribution in [0.2, 0.25) is 0 Å². The van der Waals surface area contributed by atoms with Crippen molar-refractivity contribution in [1.29, 1.82) is 0 Å². The summed E-state index contributed by atoms with van der Waals surface area (Å²) in [5.74, 6) is 0.243. The van der Waals surface area contributed by atoms with E-state index in [0.717, 1.165) is 43.7 Å². The molecule has 2 aliphatic rings. The number of aliphatic hydroxyl groups is 1. The van der Waals surface area contributed by atoms with E-state index in [4.69, 9.17) is 4.52 Å². The minimum absolute atomic E-state index is 0.0598. The smallest absolute Gasteiger partial charge is 0.245 e. The van der Waals surface area contributed by atoms with Crippen LogP contribution in [0, 0.1) is 0 Å². The molecule has 1 saturated heterocycles. The van der Waals surface area contributed by atoms with Gasteiger partial charge < -0.3 is 14.5 Å². The number of nitrogens with one attached hydrogen (secondary N) is 1. The van der Waals surface area contributed by atoms with Gasteiger partial charge in [0.25, 0.3) is 0 Å². The van der Waals surface area contributed by atoms with Crippen LogP contribution >= 0.6 is 0 Å². The third kappa shape index (κ3) is 3.44. The van der Waals surface area contributed by atoms with Gasteiger partial charge in [-0.3, -0.25) is 15.0 Å². The van der Waals surface area contributed by atoms with Crippen molar-refractivity contribution in [3.63, 3.8) is 0 Å². The largest absolute Gasteiger partial charge is 0.395 e. The second kappa shape index (κ2) is 7.32. The maximum atomic E-state index is 12.9. The van der Waals surface area contributed by atoms with Crippen molar-refractivity contribution in [3.8, 4) is 0 Å². The number of carbonyl (C=O) groups is 1. The van der Waals surface area contributed by atoms with Gasteiger partial charge in [-0.05, 0) is 32.0 Å². The van der Waals surface area contributed by atoms with Gasteiger partial charge in [0.2, 0.25) is 11.8 Å². The van der Waals surface area contributed by atoms with Gasteiger partial charge in [0.1, 0.15) is 6.04 Å². The number of piperazine rings is 1. The molecule has 1 aliphatic heterocycles. The molecule has 2 aromatic rings. The number of carbonyl (C=O) groups excluding carboxylic acids is 1. The number of benzene rings is 1. The van der Waals surface area contributed by atoms with Crippen LogP contribution in [0.4, 0.5) is 11.6 Å². The highest BCUT2D eigenvalue weighted by Gasteiger charge is 2.41. The van der Waals surface area contributed by atoms with Crippen molar-refractivity contribution in [1.82, 2.24) is 10.1 Å². The molecular formula is C20H26N4O3. The van der Waals surface area contributed by atoms with Crippen molar-refractivity contribution >= 4 is 17.5 Å². The summed E-state index contributed by atoms with van der Waals surface area (Å²) in [4.78, 5) is 17.1. The Morgan fingerprint density at radius 2 is 2.11 bits per heavy atom. The van der Waals surface area contributed by atoms with E-state index < -0.39 is 0 Å². The Labute approximate surface area is 158 Å². The summed E-state index contributed by atoms with van der Waals surface area (Å²) in [5, 5.41) is 16.6. The number of hydrogen-bond acceptors (Lipinski definition) is 6. The van der Waals surface area contributed by atoms with Crippen LogP contribution in [0.25, 0.3) is 0 Å². The van der Waals surface area contributed by atoms with Gasteiger partial charge in [-0.15, -0.1) is 0 Å². The lowest BCUT2D eigenvalue weighted by Crippen LogP contribution is -2.56. The summed E-state index contributed by atoms with van der Waals surface area (Å²) in [6, 6.07) is 11.6. The molecule has 0 bridgehead atoms. The fourth-order valence-electron chi connectivity index (χ4n) is 3.92. The topological polar surface area (TPSA) is 81.8 Å². The van der Waals surface area contributed by atoms with E-state index in [9.17, 15) is 9.90 Å². The molecule has 2 N–H and O–H groups in total. The van der Waals surface area contributed by atoms with Crippen molar-refractivity contribution in [3.05, 3.63) is 42.1 Å². The molecule has 1 aliphatic carbocycles. The molecule has 0 radical (unpaired) electrons. The predicted molar refractivity (Wildman–Crippen MR) is 103 cm³/mol. The van der Waals surface area contributed by atoms with Gasteiger partial charge in [-0.1, -0.05) is 29.8 Å². The number of aliphatic hydroxyl groups excluding tert-OH is 1. The molecule has 27 heavy (non-hydrogen) atoms. The number of anilines is 2. The van der Waals surface area contributed by atoms with Crippen molar-refractivity contribution in [2.45, 2.75) is 30.7 Å². The van der Waals surface area contributed by atoms with E-state index in [1.165, 1.54) is 0 Å². The molecule has 4 rings (SSSR count). The lowest BCUT2D eigenvalue weighted by Gasteiger charge is -2.39. The lowest BCUT2D eigenvalue weighted by molar-refractivity contribution is -0.121. The fraction of sp³-hybridized carbons (Fsp3) is 0.500. The van der Waals surface area contributed by atoms with E-state index in [-0.39, 0.29) is 24.0 Å². The molecule has 1 saturated carbocycles. The number of amides is 1. The Balaban J connectivity index is 1.43. The third-order valence-electron chi connectivity index (χ3n) is 5.99. The maximum Gasteiger partial charge on any atom is 0.245 e. The normalized spacial score (nSPS) is 22.3. The first-order valence-corrected chi connectivity index (χ1v) is 9.50. The first-order valence-electron chi connectivity index (χ1n) is 9.50. The maximum absolute atomic E-state index is 12.9. The van der Waals surface area contributed by atoms with Crippen LogP contribution in [0.3, 0.4) is 0 Å². The van der Waals surface area contributed by atoms with Gasteiger partial charge in [0.05, 0.1) is 12.3 Å². The van der Waals surface area contributed by atoms with Crippen LogP contribution in [0.1, 0.15) is 25.0 Å². The molecule has 144 valence electrons. The highest BCUT2D eigenvalue weighted by molar-refractivity contribution is 5.94. The zero-order chi connectivity index (χ0) is 18.9. The molecule has 1 atom stereocenters. The van der Waals surface area contributed by atoms with Crippen LogP contribution in [0.5, 0.6) is 0 Å². The molecule has 1 amide bonds. The Kier molecular flexibility index (Phi) is 4.88. The van der Waals surface area contributed by atoms with Crippen LogP contribution in [-0.4, -0.2) is 60.4 Å². The second-order valence-corrected chi connectivity index (χ2v) is 7.64. The molecular weight excluding hydrogens is 344 g/mol. The highest BCUT2D eigenvalue weighted by Crippen LogP contribution is 2.43. The Bertz CT molecular complexity index is 782. The summed E-state index contributed by atoms with van der Waals surface area (Å²) in [5.41, 5.74) is 1.56. The van der Waals surface area contributed by atoms with Gasteiger partial charge in [0.15, 0.2) is 0 Å². The lowest BCUT2D eigenvalue weighted by atomic mass is 9.67. The quantitative estimate of drug-likeness (QED) is 0.836. The molecule has 2 fully saturated rings. The van der Waals surface area contributed by atoms with Gasteiger partial charge >= 0.3 is 0 Å². The Hall–Kier alpha value is -2.38. The SMILES string of the molecule is CN1CCN(c2ccccc2)CC1C(=O)Nc1cc(C2(CO)CCC2)no1. The molecule has 7 nitrogen and oxygen atoms in total. The fourth-order valence-corrected chi connectivity index (χ4v) is 3.92. The van der Waals surface area contributed by atoms with E-state index in [0.29, 0.717) is 12.4 Å². The average molecular weight is 370 g/mol. The second-order valence-electron chi connectivity index (χ2n) is 7.64. The van der Waals surface area contributed by atoms with Gasteiger partial charge in [0, 0.05) is 36.8 Å². The minimum atomic E-state index is -0.293. The number of para-hydroxylation sites is 1. The van der Waals surface area contributed by atoms with Gasteiger partial charge in [-0.2, -0.15) is 0 Å². The summed E-state index contributed by atoms with van der Waals surface area (Å²) in [6.07, 6.45) is 2.89. The van der Waals surface area contributed by atoms with E-state index >= 15 is 0 Å². The number of nitrogens with zero attached hydrogens (tertiary/aromatic N) is 3. The molecule has 7 heteroatoms. The average Bonchev–Trinajstić information content (AvgIpc) is 3.11. The zero-order valence-electron chi connectivity index (χ0n) is 15.6. The summed E-state index contributed by atoms with van der Waals surface area (Å²) >= 11 is 0. The van der Waals surface area contributed by atoms with Gasteiger partial charge in [-0.25, -0.2) is 0 Å². The Morgan fingerprint density at radius 1 is 1.33 bits per heavy atom. The highest BCUT2D eigenvalue weighted by atomic mass is 16.5. The predicted octanol–water partition coefficient (Wildman–Crippen LogP) is 1.85. The zero-order valence-corrected chi connectivity index (χ0v) is 15.6. The van der Waals surface area contributed by atoms with Crippen LogP contribution in [0.15, 0.2) is 40.9 Å².